The SMILES string of the molecule is C=CC(=O)N1CCN(c2c(C#N)c(=O)n(-c3c(C)ccnc3C(C)C)c3nc(-c4c(F)c(F)c(F)c(F)c4F)c(Cl)cc23)C[C@H]1C.C=CC(=O)N1CCN(c2c(C#N)c(=O)n(-c3c(C)ccnc3C(C)C)c3nc(-c4c(F)c(N)c(F)c(F)c4F)c(Cl)cc23)C[C@H]1C.C=CC(=O)N1CCN(c2c(C#N)c(=O)n(-c3c(C)ccnc3C(C)C)c3nc(-c4c(N)c(Cl)c(F)c(F)c4Cl)c(Cl)cc23)C[C@H]1C. The number of pyridine rings is 9. The van der Waals surface area contributed by atoms with Crippen LogP contribution in [0, 0.1) is 119 Å². The maximum atomic E-state index is 15.3. The Balaban J connectivity index is 0.000000175. The van der Waals surface area contributed by atoms with E-state index in [-0.39, 0.29) is 189 Å². The monoisotopic (exact) mass is 1990 g/mol. The fraction of sp³-hybridized carbons (Fsp3) is 0.281. The highest BCUT2D eigenvalue weighted by Crippen LogP contribution is 2.49. The molecule has 0 aliphatic carbocycles. The average molecular weight is 2000 g/mol. The summed E-state index contributed by atoms with van der Waals surface area (Å²) in [6.45, 7) is 34.3. The van der Waals surface area contributed by atoms with Crippen molar-refractivity contribution < 1.29 is 62.7 Å². The zero-order chi connectivity index (χ0) is 101. The first kappa shape index (κ1) is 101. The van der Waals surface area contributed by atoms with Crippen molar-refractivity contribution in [1.29, 1.82) is 15.8 Å². The van der Waals surface area contributed by atoms with Gasteiger partial charge in [-0.15, -0.1) is 0 Å². The number of hydrogen-bond donors (Lipinski definition) is 2. The van der Waals surface area contributed by atoms with Crippen LogP contribution in [0.5, 0.6) is 0 Å². The molecule has 15 rings (SSSR count). The second-order valence-corrected chi connectivity index (χ2v) is 35.7. The number of aromatic nitrogens is 9. The number of amides is 3. The average Bonchev–Trinajstić information content (AvgIpc) is 0.726. The first-order chi connectivity index (χ1) is 65.2. The van der Waals surface area contributed by atoms with Gasteiger partial charge in [-0.1, -0.05) is 119 Å². The van der Waals surface area contributed by atoms with Gasteiger partial charge in [0.2, 0.25) is 23.5 Å². The lowest BCUT2D eigenvalue weighted by Gasteiger charge is -2.41. The summed E-state index contributed by atoms with van der Waals surface area (Å²) in [6, 6.07) is 13.9. The molecule has 12 aromatic rings. The van der Waals surface area contributed by atoms with Crippen molar-refractivity contribution in [3.05, 3.63) is 264 Å². The van der Waals surface area contributed by atoms with Crippen molar-refractivity contribution in [3.8, 4) is 69.0 Å². The zero-order valence-electron chi connectivity index (χ0n) is 75.6. The molecule has 3 saturated heterocycles. The van der Waals surface area contributed by atoms with Gasteiger partial charge in [0.1, 0.15) is 62.5 Å². The number of carbonyl (C=O) groups excluding carboxylic acids is 3. The van der Waals surface area contributed by atoms with Crippen LogP contribution >= 0.6 is 58.0 Å². The zero-order valence-corrected chi connectivity index (χ0v) is 79.4. The topological polar surface area (TPSA) is 337 Å². The Bertz CT molecular complexity index is 6790. The van der Waals surface area contributed by atoms with Gasteiger partial charge in [-0.25, -0.2) is 63.2 Å². The number of halogens is 16. The molecular weight excluding hydrogens is 1920 g/mol. The summed E-state index contributed by atoms with van der Waals surface area (Å²) >= 11 is 32.2. The van der Waals surface area contributed by atoms with Gasteiger partial charge in [0.25, 0.3) is 16.7 Å². The van der Waals surface area contributed by atoms with Crippen LogP contribution in [0.1, 0.15) is 131 Å². The minimum atomic E-state index is -2.36. The normalized spacial score (nSPS) is 15.0. The number of nitrogens with two attached hydrogens (primary N) is 2. The molecule has 0 saturated carbocycles. The van der Waals surface area contributed by atoms with Gasteiger partial charge in [-0.05, 0) is 131 Å². The molecule has 0 bridgehead atoms. The number of hydrogen-bond acceptors (Lipinski definition) is 20. The van der Waals surface area contributed by atoms with Crippen LogP contribution in [0.3, 0.4) is 0 Å². The van der Waals surface area contributed by atoms with Crippen LogP contribution in [0.2, 0.25) is 25.1 Å². The summed E-state index contributed by atoms with van der Waals surface area (Å²) in [7, 11) is 0. The van der Waals surface area contributed by atoms with E-state index in [1.165, 1.54) is 47.2 Å². The summed E-state index contributed by atoms with van der Waals surface area (Å²) in [5, 5.41) is 29.3. The summed E-state index contributed by atoms with van der Waals surface area (Å²) in [4.78, 5) is 117. The van der Waals surface area contributed by atoms with Crippen LogP contribution in [0.4, 0.5) is 76.7 Å². The van der Waals surface area contributed by atoms with Gasteiger partial charge >= 0.3 is 0 Å². The van der Waals surface area contributed by atoms with Crippen molar-refractivity contribution in [2.24, 2.45) is 0 Å². The van der Waals surface area contributed by atoms with E-state index < -0.39 is 141 Å². The summed E-state index contributed by atoms with van der Waals surface area (Å²) in [6.07, 6.45) is 8.30. The molecule has 3 aromatic carbocycles. The molecule has 3 atom stereocenters. The fourth-order valence-electron chi connectivity index (χ4n) is 17.5. The summed E-state index contributed by atoms with van der Waals surface area (Å²) in [5.74, 6) is -22.9. The Hall–Kier alpha value is -14.0. The maximum Gasteiger partial charge on any atom is 0.276 e. The van der Waals surface area contributed by atoms with Crippen molar-refractivity contribution in [2.45, 2.75) is 119 Å². The lowest BCUT2D eigenvalue weighted by atomic mass is 10.0. The fourth-order valence-corrected chi connectivity index (χ4v) is 18.7. The van der Waals surface area contributed by atoms with E-state index in [0.717, 1.165) is 9.13 Å². The van der Waals surface area contributed by atoms with E-state index >= 15 is 17.6 Å². The molecule has 42 heteroatoms. The molecule has 0 spiro atoms. The van der Waals surface area contributed by atoms with Crippen molar-refractivity contribution in [2.75, 3.05) is 85.1 Å². The standard InChI is InChI=1S/C32H28Cl3F2N7O2.C32H26ClF5N6O2.C32H28ClF4N7O2/c1-6-20(45)43-10-9-42(13-16(43)5)30-17-11-19(33)28(21-22(34)24(36)25(37)23(35)26(21)39)41-31(17)44(32(46)18(30)12-38)29-15(4)7-8-40-27(29)14(2)3;1-6-20(45)43-10-9-42(13-16(43)5)30-17-11-19(33)28(21-22(34)24(36)26(38)25(37)23(21)35)41-31(17)44(32(46)18(30)12-39)29-15(4)7-8-40-27(29)14(2)3;1-6-20(45)43-10-9-42(13-16(43)5)30-17-11-19(33)28(21-22(34)24(36)25(37)26(39)23(21)35)41-31(17)44(32(46)18(30)12-38)29-15(4)7-8-40-27(29)14(2)3/h6-8,11,14,16H,1,9-10,13,39H2,2-5H3;6-8,11,14,16H,1,9-10,13H2,2-5H3;6-8,11,14,16H,1,9-10,13,39H2,2-5H3/t3*16-/m111/s1. The van der Waals surface area contributed by atoms with Crippen molar-refractivity contribution in [3.63, 3.8) is 0 Å². The number of anilines is 5. The number of benzene rings is 3. The smallest absolute Gasteiger partial charge is 0.276 e. The van der Waals surface area contributed by atoms with E-state index in [2.05, 4.69) is 50.7 Å². The Morgan fingerprint density at radius 2 is 0.667 bits per heavy atom. The second kappa shape index (κ2) is 40.0. The van der Waals surface area contributed by atoms with Crippen LogP contribution in [0.15, 0.2) is 107 Å². The van der Waals surface area contributed by atoms with Gasteiger partial charge in [-0.2, -0.15) is 15.8 Å². The predicted molar refractivity (Wildman–Crippen MR) is 507 cm³/mol. The van der Waals surface area contributed by atoms with E-state index in [4.69, 9.17) is 74.5 Å². The molecular formula is C96H82Cl5F11N20O6. The third kappa shape index (κ3) is 17.5. The summed E-state index contributed by atoms with van der Waals surface area (Å²) < 4.78 is 165. The van der Waals surface area contributed by atoms with Crippen LogP contribution in [0.25, 0.3) is 83.9 Å². The molecule has 0 radical (unpaired) electrons. The van der Waals surface area contributed by atoms with Crippen LogP contribution in [-0.2, 0) is 14.4 Å². The Labute approximate surface area is 805 Å². The molecule has 3 fully saturated rings. The van der Waals surface area contributed by atoms with Gasteiger partial charge < -0.3 is 40.9 Å². The molecule has 138 heavy (non-hydrogen) atoms. The van der Waals surface area contributed by atoms with Crippen LogP contribution in [-0.4, -0.2) is 153 Å². The number of nitriles is 3. The number of piperazine rings is 3. The number of fused-ring (bicyclic) bond motifs is 3. The number of nitrogens with zero attached hydrogens (tertiary/aromatic N) is 18. The van der Waals surface area contributed by atoms with E-state index in [9.17, 15) is 75.3 Å². The Morgan fingerprint density at radius 1 is 0.399 bits per heavy atom. The molecule has 4 N–H and O–H groups in total. The highest BCUT2D eigenvalue weighted by atomic mass is 35.5. The molecule has 12 heterocycles. The molecule has 3 aliphatic heterocycles. The highest BCUT2D eigenvalue weighted by molar-refractivity contribution is 6.40. The molecule has 9 aromatic heterocycles. The van der Waals surface area contributed by atoms with Gasteiger partial charge in [0.05, 0.1) is 105 Å². The second-order valence-electron chi connectivity index (χ2n) is 33.7. The largest absolute Gasteiger partial charge is 0.397 e. The number of nitrogen functional groups attached to an aromatic ring is 2. The lowest BCUT2D eigenvalue weighted by Crippen LogP contribution is -2.54. The lowest BCUT2D eigenvalue weighted by molar-refractivity contribution is -0.129. The minimum absolute atomic E-state index is 0.0324. The minimum Gasteiger partial charge on any atom is -0.397 e. The molecule has 3 amide bonds. The first-order valence-corrected chi connectivity index (χ1v) is 44.4. The maximum absolute atomic E-state index is 15.3. The predicted octanol–water partition coefficient (Wildman–Crippen LogP) is 18.9. The van der Waals surface area contributed by atoms with Crippen molar-refractivity contribution in [1.82, 2.24) is 58.3 Å². The molecule has 3 aliphatic rings. The third-order valence-corrected chi connectivity index (χ3v) is 25.7. The van der Waals surface area contributed by atoms with E-state index in [1.54, 1.807) is 89.7 Å². The third-order valence-electron chi connectivity index (χ3n) is 24.1. The highest BCUT2D eigenvalue weighted by Gasteiger charge is 2.40. The summed E-state index contributed by atoms with van der Waals surface area (Å²) in [5.41, 5.74) is 6.45. The van der Waals surface area contributed by atoms with Crippen LogP contribution < -0.4 is 42.8 Å². The van der Waals surface area contributed by atoms with Crippen molar-refractivity contribution >= 4 is 137 Å². The number of aryl methyl sites for hydroxylation is 3. The molecule has 714 valence electrons. The Morgan fingerprint density at radius 3 is 0.942 bits per heavy atom. The molecule has 26 nitrogen and oxygen atoms in total. The van der Waals surface area contributed by atoms with E-state index in [0.29, 0.717) is 51.4 Å². The molecule has 0 unspecified atom stereocenters. The first-order valence-electron chi connectivity index (χ1n) is 42.5. The quantitative estimate of drug-likeness (QED) is 0.0316. The van der Waals surface area contributed by atoms with Gasteiger partial charge in [0, 0.05) is 117 Å². The number of rotatable bonds is 15. The number of carbonyl (C=O) groups is 3. The van der Waals surface area contributed by atoms with Gasteiger partial charge in [0.15, 0.2) is 58.2 Å². The van der Waals surface area contributed by atoms with E-state index in [1.807, 2.05) is 65.5 Å². The van der Waals surface area contributed by atoms with Gasteiger partial charge in [-0.3, -0.25) is 57.4 Å². The Kier molecular flexibility index (Phi) is 29.4.